The first kappa shape index (κ1) is 12.3. The van der Waals surface area contributed by atoms with Crippen LogP contribution in [0.2, 0.25) is 0 Å². The number of hydrogen-bond acceptors (Lipinski definition) is 3. The number of aldehydes is 1. The van der Waals surface area contributed by atoms with Crippen molar-refractivity contribution >= 4 is 6.29 Å². The molecule has 0 saturated heterocycles. The van der Waals surface area contributed by atoms with Gasteiger partial charge in [-0.25, -0.2) is 4.68 Å². The molecule has 4 heteroatoms. The van der Waals surface area contributed by atoms with Crippen molar-refractivity contribution in [3.05, 3.63) is 71.9 Å². The van der Waals surface area contributed by atoms with E-state index in [9.17, 15) is 4.79 Å². The van der Waals surface area contributed by atoms with Crippen LogP contribution in [0.5, 0.6) is 0 Å². The van der Waals surface area contributed by atoms with Gasteiger partial charge in [0.1, 0.15) is 0 Å². The molecule has 4 nitrogen and oxygen atoms in total. The lowest BCUT2D eigenvalue weighted by Crippen LogP contribution is -2.04. The molecule has 0 amide bonds. The van der Waals surface area contributed by atoms with Crippen molar-refractivity contribution in [2.24, 2.45) is 0 Å². The summed E-state index contributed by atoms with van der Waals surface area (Å²) in [5.41, 5.74) is 3.18. The van der Waals surface area contributed by atoms with Crippen LogP contribution in [0.3, 0.4) is 0 Å². The van der Waals surface area contributed by atoms with Gasteiger partial charge in [0.2, 0.25) is 0 Å². The third kappa shape index (κ3) is 2.36. The molecule has 3 aromatic rings. The molecule has 0 fully saturated rings. The summed E-state index contributed by atoms with van der Waals surface area (Å²) >= 11 is 0. The molecule has 20 heavy (non-hydrogen) atoms. The Bertz CT molecular complexity index is 705. The number of carbonyl (C=O) groups excluding carboxylic acids is 1. The van der Waals surface area contributed by atoms with Gasteiger partial charge >= 0.3 is 0 Å². The normalized spacial score (nSPS) is 10.4. The summed E-state index contributed by atoms with van der Waals surface area (Å²) in [6.07, 6.45) is 0.747. The molecule has 98 valence electrons. The molecular weight excluding hydrogens is 250 g/mol. The smallest absolute Gasteiger partial charge is 0.172 e. The fraction of sp³-hybridized carbons (Fsp3) is 0.0625. The standard InChI is InChI=1S/C16H13N3O/c20-12-15-16(14-9-5-2-6-10-14)19(18-17-15)11-13-7-3-1-4-8-13/h1-10,12H,11H2. The number of aromatic nitrogens is 3. The topological polar surface area (TPSA) is 47.8 Å². The summed E-state index contributed by atoms with van der Waals surface area (Å²) in [5, 5.41) is 8.05. The second kappa shape index (κ2) is 5.48. The van der Waals surface area contributed by atoms with Gasteiger partial charge in [-0.3, -0.25) is 4.79 Å². The predicted molar refractivity (Wildman–Crippen MR) is 76.4 cm³/mol. The Labute approximate surface area is 116 Å². The van der Waals surface area contributed by atoms with E-state index in [-0.39, 0.29) is 0 Å². The van der Waals surface area contributed by atoms with Crippen LogP contribution in [0.25, 0.3) is 11.3 Å². The van der Waals surface area contributed by atoms with E-state index in [0.29, 0.717) is 12.2 Å². The van der Waals surface area contributed by atoms with Gasteiger partial charge in [0.25, 0.3) is 0 Å². The molecule has 0 unspecified atom stereocenters. The molecule has 0 radical (unpaired) electrons. The van der Waals surface area contributed by atoms with Crippen molar-refractivity contribution in [2.45, 2.75) is 6.54 Å². The Morgan fingerprint density at radius 1 is 0.950 bits per heavy atom. The fourth-order valence-electron chi connectivity index (χ4n) is 2.17. The monoisotopic (exact) mass is 263 g/mol. The van der Waals surface area contributed by atoms with Crippen molar-refractivity contribution in [3.63, 3.8) is 0 Å². The summed E-state index contributed by atoms with van der Waals surface area (Å²) in [7, 11) is 0. The van der Waals surface area contributed by atoms with Gasteiger partial charge in [0.15, 0.2) is 12.0 Å². The van der Waals surface area contributed by atoms with E-state index in [2.05, 4.69) is 10.3 Å². The van der Waals surface area contributed by atoms with Gasteiger partial charge in [0, 0.05) is 5.56 Å². The minimum atomic E-state index is 0.368. The Balaban J connectivity index is 2.04. The molecule has 0 aliphatic rings. The molecular formula is C16H13N3O. The maximum absolute atomic E-state index is 11.2. The summed E-state index contributed by atoms with van der Waals surface area (Å²) in [4.78, 5) is 11.2. The zero-order valence-electron chi connectivity index (χ0n) is 10.8. The van der Waals surface area contributed by atoms with Gasteiger partial charge in [-0.05, 0) is 5.56 Å². The van der Waals surface area contributed by atoms with Crippen LogP contribution < -0.4 is 0 Å². The van der Waals surface area contributed by atoms with Gasteiger partial charge in [-0.2, -0.15) is 0 Å². The van der Waals surface area contributed by atoms with Crippen molar-refractivity contribution in [3.8, 4) is 11.3 Å². The van der Waals surface area contributed by atoms with Gasteiger partial charge < -0.3 is 0 Å². The molecule has 0 N–H and O–H groups in total. The molecule has 0 bridgehead atoms. The van der Waals surface area contributed by atoms with Crippen LogP contribution in [-0.4, -0.2) is 21.3 Å². The highest BCUT2D eigenvalue weighted by molar-refractivity contribution is 5.83. The van der Waals surface area contributed by atoms with Crippen molar-refractivity contribution in [2.75, 3.05) is 0 Å². The summed E-state index contributed by atoms with van der Waals surface area (Å²) in [5.74, 6) is 0. The number of nitrogens with zero attached hydrogens (tertiary/aromatic N) is 3. The summed E-state index contributed by atoms with van der Waals surface area (Å²) in [6, 6.07) is 19.7. The van der Waals surface area contributed by atoms with E-state index in [1.54, 1.807) is 4.68 Å². The largest absolute Gasteiger partial charge is 0.296 e. The van der Waals surface area contributed by atoms with Gasteiger partial charge in [-0.15, -0.1) is 5.10 Å². The van der Waals surface area contributed by atoms with E-state index in [1.165, 1.54) is 0 Å². The molecule has 2 aromatic carbocycles. The third-order valence-electron chi connectivity index (χ3n) is 3.10. The van der Waals surface area contributed by atoms with Crippen LogP contribution in [0.4, 0.5) is 0 Å². The van der Waals surface area contributed by atoms with Crippen LogP contribution >= 0.6 is 0 Å². The molecule has 1 heterocycles. The average Bonchev–Trinajstić information content (AvgIpc) is 2.92. The molecule has 0 aliphatic heterocycles. The highest BCUT2D eigenvalue weighted by atomic mass is 16.1. The first-order chi connectivity index (χ1) is 9.88. The predicted octanol–water partition coefficient (Wildman–Crippen LogP) is 2.81. The van der Waals surface area contributed by atoms with E-state index in [1.807, 2.05) is 60.7 Å². The molecule has 0 saturated carbocycles. The number of benzene rings is 2. The van der Waals surface area contributed by atoms with Gasteiger partial charge in [0.05, 0.1) is 12.2 Å². The quantitative estimate of drug-likeness (QED) is 0.680. The maximum Gasteiger partial charge on any atom is 0.172 e. The highest BCUT2D eigenvalue weighted by Crippen LogP contribution is 2.21. The second-order valence-corrected chi connectivity index (χ2v) is 4.45. The summed E-state index contributed by atoms with van der Waals surface area (Å²) in [6.45, 7) is 0.589. The molecule has 0 spiro atoms. The molecule has 3 rings (SSSR count). The Morgan fingerprint density at radius 2 is 1.60 bits per heavy atom. The van der Waals surface area contributed by atoms with E-state index < -0.39 is 0 Å². The van der Waals surface area contributed by atoms with Crippen LogP contribution in [0, 0.1) is 0 Å². The fourth-order valence-corrected chi connectivity index (χ4v) is 2.17. The number of carbonyl (C=O) groups is 1. The first-order valence-corrected chi connectivity index (χ1v) is 6.36. The minimum Gasteiger partial charge on any atom is -0.296 e. The zero-order valence-corrected chi connectivity index (χ0v) is 10.8. The lowest BCUT2D eigenvalue weighted by molar-refractivity contribution is 0.111. The number of rotatable bonds is 4. The highest BCUT2D eigenvalue weighted by Gasteiger charge is 2.14. The van der Waals surface area contributed by atoms with Crippen LogP contribution in [0.1, 0.15) is 16.1 Å². The molecule has 0 atom stereocenters. The zero-order chi connectivity index (χ0) is 13.8. The lowest BCUT2D eigenvalue weighted by Gasteiger charge is -2.07. The summed E-state index contributed by atoms with van der Waals surface area (Å²) < 4.78 is 1.76. The van der Waals surface area contributed by atoms with Crippen LogP contribution in [0.15, 0.2) is 60.7 Å². The lowest BCUT2D eigenvalue weighted by atomic mass is 10.1. The Hall–Kier alpha value is -2.75. The minimum absolute atomic E-state index is 0.368. The maximum atomic E-state index is 11.2. The number of hydrogen-bond donors (Lipinski definition) is 0. The Morgan fingerprint density at radius 3 is 2.25 bits per heavy atom. The second-order valence-electron chi connectivity index (χ2n) is 4.45. The Kier molecular flexibility index (Phi) is 3.37. The van der Waals surface area contributed by atoms with E-state index in [4.69, 9.17) is 0 Å². The van der Waals surface area contributed by atoms with E-state index in [0.717, 1.165) is 23.1 Å². The van der Waals surface area contributed by atoms with Gasteiger partial charge in [-0.1, -0.05) is 65.9 Å². The average molecular weight is 263 g/mol. The van der Waals surface area contributed by atoms with Crippen molar-refractivity contribution in [1.29, 1.82) is 0 Å². The first-order valence-electron chi connectivity index (χ1n) is 6.36. The third-order valence-corrected chi connectivity index (χ3v) is 3.10. The van der Waals surface area contributed by atoms with E-state index >= 15 is 0 Å². The van der Waals surface area contributed by atoms with Crippen LogP contribution in [-0.2, 0) is 6.54 Å². The molecule has 0 aliphatic carbocycles. The van der Waals surface area contributed by atoms with Crippen molar-refractivity contribution in [1.82, 2.24) is 15.0 Å². The van der Waals surface area contributed by atoms with Crippen molar-refractivity contribution < 1.29 is 4.79 Å². The SMILES string of the molecule is O=Cc1nnn(Cc2ccccc2)c1-c1ccccc1. The molecule has 1 aromatic heterocycles.